The van der Waals surface area contributed by atoms with E-state index in [1.165, 1.54) is 25.0 Å². The summed E-state index contributed by atoms with van der Waals surface area (Å²) in [6.07, 6.45) is 6.23. The lowest BCUT2D eigenvalue weighted by Gasteiger charge is -2.17. The molecule has 1 aromatic rings. The fraction of sp³-hybridized carbons (Fsp3) is 0.538. The van der Waals surface area contributed by atoms with E-state index in [1.807, 2.05) is 0 Å². The molecular formula is C13H18BrClN2O2S. The molecule has 1 saturated carbocycles. The Morgan fingerprint density at radius 1 is 1.20 bits per heavy atom. The summed E-state index contributed by atoms with van der Waals surface area (Å²) in [5.41, 5.74) is 6.07. The Hall–Kier alpha value is -0.300. The van der Waals surface area contributed by atoms with Gasteiger partial charge in [-0.15, -0.1) is 0 Å². The van der Waals surface area contributed by atoms with Gasteiger partial charge in [0, 0.05) is 16.8 Å². The SMILES string of the molecule is Nc1cc(Cl)cc(S(=O)(=O)NC2CCCCCC2)c1Br. The van der Waals surface area contributed by atoms with Crippen molar-refractivity contribution in [2.45, 2.75) is 49.5 Å². The number of nitrogens with one attached hydrogen (secondary N) is 1. The van der Waals surface area contributed by atoms with Crippen LogP contribution >= 0.6 is 27.5 Å². The first-order valence-corrected chi connectivity index (χ1v) is 9.32. The number of rotatable bonds is 3. The Kier molecular flexibility index (Phi) is 5.34. The van der Waals surface area contributed by atoms with Crippen LogP contribution in [0.5, 0.6) is 0 Å². The first kappa shape index (κ1) is 16.1. The zero-order valence-electron chi connectivity index (χ0n) is 11.0. The minimum atomic E-state index is -3.61. The Morgan fingerprint density at radius 3 is 2.40 bits per heavy atom. The van der Waals surface area contributed by atoms with Crippen molar-refractivity contribution < 1.29 is 8.42 Å². The molecule has 0 saturated heterocycles. The van der Waals surface area contributed by atoms with Crippen LogP contribution in [-0.4, -0.2) is 14.5 Å². The number of anilines is 1. The van der Waals surface area contributed by atoms with Crippen molar-refractivity contribution in [3.63, 3.8) is 0 Å². The highest BCUT2D eigenvalue weighted by molar-refractivity contribution is 9.10. The van der Waals surface area contributed by atoms with Crippen LogP contribution in [0.15, 0.2) is 21.5 Å². The van der Waals surface area contributed by atoms with E-state index in [0.29, 0.717) is 15.2 Å². The van der Waals surface area contributed by atoms with Crippen LogP contribution in [0, 0.1) is 0 Å². The zero-order valence-corrected chi connectivity index (χ0v) is 14.2. The largest absolute Gasteiger partial charge is 0.398 e. The molecule has 3 N–H and O–H groups in total. The predicted octanol–water partition coefficient (Wildman–Crippen LogP) is 3.69. The second-order valence-corrected chi connectivity index (χ2v) is 8.03. The molecule has 1 aliphatic rings. The highest BCUT2D eigenvalue weighted by Crippen LogP contribution is 2.32. The van der Waals surface area contributed by atoms with E-state index in [9.17, 15) is 8.42 Å². The number of hydrogen-bond donors (Lipinski definition) is 2. The number of halogens is 2. The minimum absolute atomic E-state index is 0.00499. The number of benzene rings is 1. The molecule has 0 aromatic heterocycles. The number of hydrogen-bond acceptors (Lipinski definition) is 3. The smallest absolute Gasteiger partial charge is 0.242 e. The fourth-order valence-electron chi connectivity index (χ4n) is 2.46. The van der Waals surface area contributed by atoms with Gasteiger partial charge in [-0.25, -0.2) is 13.1 Å². The first-order chi connectivity index (χ1) is 9.40. The molecule has 0 heterocycles. The monoisotopic (exact) mass is 380 g/mol. The molecule has 0 atom stereocenters. The molecule has 7 heteroatoms. The van der Waals surface area contributed by atoms with Gasteiger partial charge < -0.3 is 5.73 Å². The number of sulfonamides is 1. The lowest BCUT2D eigenvalue weighted by molar-refractivity contribution is 0.509. The van der Waals surface area contributed by atoms with Crippen molar-refractivity contribution in [3.8, 4) is 0 Å². The molecule has 0 unspecified atom stereocenters. The van der Waals surface area contributed by atoms with Crippen molar-refractivity contribution >= 4 is 43.2 Å². The van der Waals surface area contributed by atoms with Gasteiger partial charge >= 0.3 is 0 Å². The summed E-state index contributed by atoms with van der Waals surface area (Å²) in [6.45, 7) is 0. The summed E-state index contributed by atoms with van der Waals surface area (Å²) >= 11 is 9.13. The lowest BCUT2D eigenvalue weighted by atomic mass is 10.1. The molecule has 1 aliphatic carbocycles. The molecule has 2 rings (SSSR count). The zero-order chi connectivity index (χ0) is 14.8. The Bertz CT molecular complexity index is 584. The Labute approximate surface area is 133 Å². The van der Waals surface area contributed by atoms with Gasteiger partial charge in [0.25, 0.3) is 0 Å². The third-order valence-corrected chi connectivity index (χ3v) is 6.41. The standard InChI is InChI=1S/C13H18BrClN2O2S/c14-13-11(16)7-9(15)8-12(13)20(18,19)17-10-5-3-1-2-4-6-10/h7-8,10,17H,1-6,16H2. The molecule has 0 radical (unpaired) electrons. The van der Waals surface area contributed by atoms with Gasteiger partial charge in [-0.1, -0.05) is 37.3 Å². The van der Waals surface area contributed by atoms with E-state index in [2.05, 4.69) is 20.7 Å². The summed E-state index contributed by atoms with van der Waals surface area (Å²) in [4.78, 5) is 0.103. The quantitative estimate of drug-likeness (QED) is 0.619. The van der Waals surface area contributed by atoms with E-state index in [0.717, 1.165) is 25.7 Å². The molecule has 112 valence electrons. The lowest BCUT2D eigenvalue weighted by Crippen LogP contribution is -2.34. The average molecular weight is 382 g/mol. The van der Waals surface area contributed by atoms with Gasteiger partial charge in [0.05, 0.1) is 9.37 Å². The minimum Gasteiger partial charge on any atom is -0.398 e. The molecule has 4 nitrogen and oxygen atoms in total. The molecule has 0 amide bonds. The van der Waals surface area contributed by atoms with Crippen molar-refractivity contribution in [3.05, 3.63) is 21.6 Å². The van der Waals surface area contributed by atoms with Gasteiger partial charge in [-0.05, 0) is 40.9 Å². The number of nitrogens with two attached hydrogens (primary N) is 1. The van der Waals surface area contributed by atoms with Crippen LogP contribution in [0.4, 0.5) is 5.69 Å². The highest BCUT2D eigenvalue weighted by Gasteiger charge is 2.24. The van der Waals surface area contributed by atoms with E-state index >= 15 is 0 Å². The van der Waals surface area contributed by atoms with Crippen LogP contribution in [0.1, 0.15) is 38.5 Å². The molecule has 1 aromatic carbocycles. The molecule has 1 fully saturated rings. The molecular weight excluding hydrogens is 364 g/mol. The topological polar surface area (TPSA) is 72.2 Å². The summed E-state index contributed by atoms with van der Waals surface area (Å²) in [6, 6.07) is 2.94. The third-order valence-electron chi connectivity index (χ3n) is 3.50. The maximum atomic E-state index is 12.5. The number of nitrogen functional groups attached to an aromatic ring is 1. The van der Waals surface area contributed by atoms with Crippen molar-refractivity contribution in [2.24, 2.45) is 0 Å². The van der Waals surface area contributed by atoms with Crippen molar-refractivity contribution in [2.75, 3.05) is 5.73 Å². The van der Waals surface area contributed by atoms with E-state index in [4.69, 9.17) is 17.3 Å². The Balaban J connectivity index is 2.26. The third kappa shape index (κ3) is 3.87. The summed E-state index contributed by atoms with van der Waals surface area (Å²) < 4.78 is 28.1. The fourth-order valence-corrected chi connectivity index (χ4v) is 5.06. The summed E-state index contributed by atoms with van der Waals surface area (Å²) in [7, 11) is -3.61. The van der Waals surface area contributed by atoms with Gasteiger partial charge in [0.1, 0.15) is 0 Å². The average Bonchev–Trinajstić information content (AvgIpc) is 2.61. The predicted molar refractivity (Wildman–Crippen MR) is 85.4 cm³/mol. The van der Waals surface area contributed by atoms with E-state index in [-0.39, 0.29) is 10.9 Å². The van der Waals surface area contributed by atoms with Gasteiger partial charge in [-0.3, -0.25) is 0 Å². The van der Waals surface area contributed by atoms with Crippen LogP contribution in [0.25, 0.3) is 0 Å². The van der Waals surface area contributed by atoms with E-state index in [1.54, 1.807) is 0 Å². The van der Waals surface area contributed by atoms with Crippen LogP contribution < -0.4 is 10.5 Å². The van der Waals surface area contributed by atoms with Crippen LogP contribution in [0.3, 0.4) is 0 Å². The van der Waals surface area contributed by atoms with Crippen LogP contribution in [0.2, 0.25) is 5.02 Å². The molecule has 20 heavy (non-hydrogen) atoms. The summed E-state index contributed by atoms with van der Waals surface area (Å²) in [5, 5.41) is 0.312. The molecule has 0 bridgehead atoms. The van der Waals surface area contributed by atoms with Gasteiger partial charge in [-0.2, -0.15) is 0 Å². The first-order valence-electron chi connectivity index (χ1n) is 6.67. The molecule has 0 aliphatic heterocycles. The highest BCUT2D eigenvalue weighted by atomic mass is 79.9. The Morgan fingerprint density at radius 2 is 1.80 bits per heavy atom. The van der Waals surface area contributed by atoms with Crippen molar-refractivity contribution in [1.29, 1.82) is 0 Å². The van der Waals surface area contributed by atoms with Gasteiger partial charge in [0.15, 0.2) is 0 Å². The van der Waals surface area contributed by atoms with Gasteiger partial charge in [0.2, 0.25) is 10.0 Å². The van der Waals surface area contributed by atoms with Crippen LogP contribution in [-0.2, 0) is 10.0 Å². The maximum absolute atomic E-state index is 12.5. The summed E-state index contributed by atoms with van der Waals surface area (Å²) in [5.74, 6) is 0. The van der Waals surface area contributed by atoms with E-state index < -0.39 is 10.0 Å². The maximum Gasteiger partial charge on any atom is 0.242 e. The normalized spacial score (nSPS) is 17.9. The second kappa shape index (κ2) is 6.64. The second-order valence-electron chi connectivity index (χ2n) is 5.12. The molecule has 0 spiro atoms. The van der Waals surface area contributed by atoms with Crippen molar-refractivity contribution in [1.82, 2.24) is 4.72 Å².